The molecular weight excluding hydrogens is 422 g/mol. The van der Waals surface area contributed by atoms with E-state index >= 15 is 0 Å². The van der Waals surface area contributed by atoms with E-state index in [0.717, 1.165) is 49.2 Å². The van der Waals surface area contributed by atoms with Crippen molar-refractivity contribution in [1.29, 1.82) is 0 Å². The summed E-state index contributed by atoms with van der Waals surface area (Å²) in [5.41, 5.74) is 5.68. The molecule has 1 atom stereocenters. The second kappa shape index (κ2) is 11.1. The van der Waals surface area contributed by atoms with Crippen LogP contribution in [0.1, 0.15) is 37.8 Å². The molecule has 1 aliphatic heterocycles. The van der Waals surface area contributed by atoms with Gasteiger partial charge in [0.05, 0.1) is 5.92 Å². The van der Waals surface area contributed by atoms with E-state index in [2.05, 4.69) is 94.4 Å². The molecule has 0 radical (unpaired) electrons. The number of rotatable bonds is 8. The van der Waals surface area contributed by atoms with Crippen LogP contribution in [-0.4, -0.2) is 42.1 Å². The lowest BCUT2D eigenvalue weighted by atomic mass is 9.97. The zero-order valence-electron chi connectivity index (χ0n) is 20.5. The minimum absolute atomic E-state index is 0.0518. The quantitative estimate of drug-likeness (QED) is 0.525. The molecule has 0 spiro atoms. The van der Waals surface area contributed by atoms with Gasteiger partial charge in [0.25, 0.3) is 0 Å². The van der Waals surface area contributed by atoms with Gasteiger partial charge in [-0.15, -0.1) is 0 Å². The van der Waals surface area contributed by atoms with Gasteiger partial charge in [0.1, 0.15) is 0 Å². The third kappa shape index (κ3) is 5.74. The minimum atomic E-state index is -0.0518. The molecule has 0 aliphatic carbocycles. The minimum Gasteiger partial charge on any atom is -0.372 e. The maximum atomic E-state index is 12.9. The topological polar surface area (TPSA) is 61.4 Å². The second-order valence-electron chi connectivity index (χ2n) is 8.98. The molecule has 6 heteroatoms. The van der Waals surface area contributed by atoms with E-state index in [1.165, 1.54) is 11.3 Å². The van der Waals surface area contributed by atoms with Crippen LogP contribution in [0.3, 0.4) is 0 Å². The summed E-state index contributed by atoms with van der Waals surface area (Å²) in [5.74, 6) is 0.748. The van der Waals surface area contributed by atoms with E-state index in [4.69, 9.17) is 0 Å². The van der Waals surface area contributed by atoms with Crippen LogP contribution in [0.15, 0.2) is 60.9 Å². The van der Waals surface area contributed by atoms with Gasteiger partial charge < -0.3 is 15.1 Å². The predicted molar refractivity (Wildman–Crippen MR) is 139 cm³/mol. The van der Waals surface area contributed by atoms with Crippen molar-refractivity contribution in [3.05, 3.63) is 72.1 Å². The number of hydrogen-bond acceptors (Lipinski definition) is 5. The summed E-state index contributed by atoms with van der Waals surface area (Å²) in [7, 11) is 0. The number of anilines is 2. The van der Waals surface area contributed by atoms with E-state index in [1.54, 1.807) is 0 Å². The van der Waals surface area contributed by atoms with Crippen LogP contribution in [0.25, 0.3) is 11.1 Å². The number of hydrogen-bond donors (Lipinski definition) is 1. The number of aromatic nitrogens is 2. The Morgan fingerprint density at radius 1 is 1.00 bits per heavy atom. The van der Waals surface area contributed by atoms with Crippen LogP contribution in [0.2, 0.25) is 0 Å². The van der Waals surface area contributed by atoms with Crippen molar-refractivity contribution in [2.75, 3.05) is 36.0 Å². The third-order valence-electron chi connectivity index (χ3n) is 6.63. The van der Waals surface area contributed by atoms with E-state index in [1.807, 2.05) is 12.4 Å². The van der Waals surface area contributed by atoms with Gasteiger partial charge in [-0.1, -0.05) is 42.0 Å². The molecule has 1 fully saturated rings. The molecule has 1 aliphatic rings. The highest BCUT2D eigenvalue weighted by Gasteiger charge is 2.27. The van der Waals surface area contributed by atoms with Gasteiger partial charge in [-0.3, -0.25) is 4.79 Å². The molecule has 1 saturated heterocycles. The molecule has 1 amide bonds. The number of carbonyl (C=O) groups is 1. The number of nitrogens with zero attached hydrogens (tertiary/aromatic N) is 4. The lowest BCUT2D eigenvalue weighted by molar-refractivity contribution is -0.125. The number of carbonyl (C=O) groups excluding carboxylic acids is 1. The summed E-state index contributed by atoms with van der Waals surface area (Å²) in [6.45, 7) is 10.5. The molecule has 178 valence electrons. The zero-order chi connectivity index (χ0) is 23.9. The van der Waals surface area contributed by atoms with Gasteiger partial charge in [-0.25, -0.2) is 9.97 Å². The van der Waals surface area contributed by atoms with E-state index in [9.17, 15) is 4.79 Å². The van der Waals surface area contributed by atoms with E-state index < -0.39 is 0 Å². The van der Waals surface area contributed by atoms with E-state index in [0.29, 0.717) is 19.0 Å². The van der Waals surface area contributed by atoms with Crippen LogP contribution in [0, 0.1) is 12.8 Å². The van der Waals surface area contributed by atoms with Crippen molar-refractivity contribution < 1.29 is 4.79 Å². The monoisotopic (exact) mass is 457 g/mol. The highest BCUT2D eigenvalue weighted by Crippen LogP contribution is 2.23. The van der Waals surface area contributed by atoms with Gasteiger partial charge in [0.15, 0.2) is 0 Å². The van der Waals surface area contributed by atoms with Crippen molar-refractivity contribution in [3.8, 4) is 11.1 Å². The third-order valence-corrected chi connectivity index (χ3v) is 6.63. The zero-order valence-corrected chi connectivity index (χ0v) is 20.5. The molecule has 0 saturated carbocycles. The molecule has 34 heavy (non-hydrogen) atoms. The van der Waals surface area contributed by atoms with Crippen molar-refractivity contribution in [1.82, 2.24) is 15.3 Å². The summed E-state index contributed by atoms with van der Waals surface area (Å²) in [6.07, 6.45) is 5.60. The Morgan fingerprint density at radius 3 is 2.32 bits per heavy atom. The maximum Gasteiger partial charge on any atom is 0.225 e. The fourth-order valence-corrected chi connectivity index (χ4v) is 4.50. The summed E-state index contributed by atoms with van der Waals surface area (Å²) in [5, 5.41) is 3.13. The fourth-order valence-electron chi connectivity index (χ4n) is 4.50. The van der Waals surface area contributed by atoms with Crippen LogP contribution < -0.4 is 15.1 Å². The first-order valence-corrected chi connectivity index (χ1v) is 12.3. The highest BCUT2D eigenvalue weighted by atomic mass is 16.1. The van der Waals surface area contributed by atoms with Crippen molar-refractivity contribution >= 4 is 17.5 Å². The number of aryl methyl sites for hydroxylation is 1. The first-order chi connectivity index (χ1) is 16.6. The Balaban J connectivity index is 1.32. The SMILES string of the molecule is CCN(CC)c1ccc(CNC(=O)[C@H]2CCCN(c3ncc(-c4ccc(C)cc4)cn3)C2)cc1. The average molecular weight is 458 g/mol. The van der Waals surface area contributed by atoms with Crippen molar-refractivity contribution in [3.63, 3.8) is 0 Å². The van der Waals surface area contributed by atoms with Crippen LogP contribution in [-0.2, 0) is 11.3 Å². The first-order valence-electron chi connectivity index (χ1n) is 12.3. The number of piperidine rings is 1. The Kier molecular flexibility index (Phi) is 7.78. The molecule has 3 aromatic rings. The summed E-state index contributed by atoms with van der Waals surface area (Å²) >= 11 is 0. The lowest BCUT2D eigenvalue weighted by Gasteiger charge is -2.32. The molecule has 0 unspecified atom stereocenters. The van der Waals surface area contributed by atoms with E-state index in [-0.39, 0.29) is 11.8 Å². The predicted octanol–water partition coefficient (Wildman–Crippen LogP) is 4.83. The van der Waals surface area contributed by atoms with Gasteiger partial charge in [-0.2, -0.15) is 0 Å². The van der Waals surface area contributed by atoms with Crippen LogP contribution in [0.5, 0.6) is 0 Å². The summed E-state index contributed by atoms with van der Waals surface area (Å²) < 4.78 is 0. The van der Waals surface area contributed by atoms with Gasteiger partial charge in [0, 0.05) is 56.4 Å². The van der Waals surface area contributed by atoms with Crippen LogP contribution >= 0.6 is 0 Å². The van der Waals surface area contributed by atoms with Gasteiger partial charge in [0.2, 0.25) is 11.9 Å². The van der Waals surface area contributed by atoms with Gasteiger partial charge >= 0.3 is 0 Å². The fraction of sp³-hybridized carbons (Fsp3) is 0.393. The Bertz CT molecular complexity index is 1060. The molecular formula is C28H35N5O. The Labute approximate surface area is 203 Å². The molecule has 2 aromatic carbocycles. The largest absolute Gasteiger partial charge is 0.372 e. The second-order valence-corrected chi connectivity index (χ2v) is 8.98. The molecule has 0 bridgehead atoms. The first kappa shape index (κ1) is 23.7. The average Bonchev–Trinajstić information content (AvgIpc) is 2.89. The Morgan fingerprint density at radius 2 is 1.68 bits per heavy atom. The molecule has 1 aromatic heterocycles. The standard InChI is InChI=1S/C28H35N5O/c1-4-32(5-2)26-14-10-22(11-15-26)17-29-27(34)24-7-6-16-33(20-24)28-30-18-25(19-31-28)23-12-8-21(3)9-13-23/h8-15,18-19,24H,4-7,16-17,20H2,1-3H3,(H,29,34)/t24-/m0/s1. The smallest absolute Gasteiger partial charge is 0.225 e. The number of benzene rings is 2. The molecule has 4 rings (SSSR count). The van der Waals surface area contributed by atoms with Crippen molar-refractivity contribution in [2.45, 2.75) is 40.2 Å². The van der Waals surface area contributed by atoms with Gasteiger partial charge in [-0.05, 0) is 56.9 Å². The Hall–Kier alpha value is -3.41. The number of nitrogens with one attached hydrogen (secondary N) is 1. The highest BCUT2D eigenvalue weighted by molar-refractivity contribution is 5.79. The number of amides is 1. The molecule has 2 heterocycles. The molecule has 6 nitrogen and oxygen atoms in total. The van der Waals surface area contributed by atoms with Crippen LogP contribution in [0.4, 0.5) is 11.6 Å². The maximum absolute atomic E-state index is 12.9. The van der Waals surface area contributed by atoms with Crippen molar-refractivity contribution in [2.24, 2.45) is 5.92 Å². The summed E-state index contributed by atoms with van der Waals surface area (Å²) in [4.78, 5) is 26.5. The lowest BCUT2D eigenvalue weighted by Crippen LogP contribution is -2.43. The normalized spacial score (nSPS) is 15.7. The molecule has 1 N–H and O–H groups in total. The summed E-state index contributed by atoms with van der Waals surface area (Å²) in [6, 6.07) is 16.8.